The molecule has 0 aliphatic carbocycles. The van der Waals surface area contributed by atoms with Crippen molar-refractivity contribution >= 4 is 54.8 Å². The van der Waals surface area contributed by atoms with E-state index in [9.17, 15) is 4.39 Å². The van der Waals surface area contributed by atoms with E-state index in [2.05, 4.69) is 31.9 Å². The number of benzene rings is 1. The third-order valence-electron chi connectivity index (χ3n) is 2.36. The highest BCUT2D eigenvalue weighted by Gasteiger charge is 2.18. The highest BCUT2D eigenvalue weighted by molar-refractivity contribution is 9.10. The largest absolute Gasteiger partial charge is 0.207 e. The molecular formula is C12H8Br2ClFS. The van der Waals surface area contributed by atoms with Crippen molar-refractivity contribution in [2.24, 2.45) is 0 Å². The molecule has 2 aromatic rings. The van der Waals surface area contributed by atoms with Crippen LogP contribution >= 0.6 is 54.8 Å². The van der Waals surface area contributed by atoms with Crippen molar-refractivity contribution in [1.82, 2.24) is 0 Å². The molecule has 0 fully saturated rings. The van der Waals surface area contributed by atoms with Crippen molar-refractivity contribution < 1.29 is 4.39 Å². The van der Waals surface area contributed by atoms with Gasteiger partial charge in [0.05, 0.1) is 5.38 Å². The zero-order valence-electron chi connectivity index (χ0n) is 8.81. The van der Waals surface area contributed by atoms with Gasteiger partial charge in [-0.2, -0.15) is 0 Å². The number of alkyl halides is 1. The van der Waals surface area contributed by atoms with Gasteiger partial charge in [-0.05, 0) is 41.1 Å². The van der Waals surface area contributed by atoms with Crippen molar-refractivity contribution in [2.45, 2.75) is 12.3 Å². The van der Waals surface area contributed by atoms with Gasteiger partial charge in [-0.3, -0.25) is 0 Å². The second-order valence-electron chi connectivity index (χ2n) is 3.58. The molecule has 0 aliphatic heterocycles. The molecule has 17 heavy (non-hydrogen) atoms. The summed E-state index contributed by atoms with van der Waals surface area (Å²) in [5, 5.41) is -0.446. The Balaban J connectivity index is 2.39. The predicted octanol–water partition coefficient (Wildman–Crippen LogP) is 6.05. The van der Waals surface area contributed by atoms with Gasteiger partial charge in [0.25, 0.3) is 0 Å². The highest BCUT2D eigenvalue weighted by atomic mass is 79.9. The van der Waals surface area contributed by atoms with Gasteiger partial charge in [-0.1, -0.05) is 22.0 Å². The summed E-state index contributed by atoms with van der Waals surface area (Å²) in [6, 6.07) is 6.88. The van der Waals surface area contributed by atoms with Crippen molar-refractivity contribution in [3.8, 4) is 0 Å². The zero-order chi connectivity index (χ0) is 12.6. The molecule has 0 saturated carbocycles. The first kappa shape index (κ1) is 13.5. The van der Waals surface area contributed by atoms with Crippen molar-refractivity contribution in [3.05, 3.63) is 54.3 Å². The lowest BCUT2D eigenvalue weighted by Crippen LogP contribution is -1.94. The first-order chi connectivity index (χ1) is 7.99. The van der Waals surface area contributed by atoms with Crippen LogP contribution in [0.5, 0.6) is 0 Å². The normalized spacial score (nSPS) is 12.8. The van der Waals surface area contributed by atoms with Crippen LogP contribution in [-0.2, 0) is 0 Å². The maximum absolute atomic E-state index is 13.8. The monoisotopic (exact) mass is 396 g/mol. The molecule has 0 radical (unpaired) electrons. The second-order valence-corrected chi connectivity index (χ2v) is 7.08. The minimum atomic E-state index is -0.446. The molecule has 5 heteroatoms. The van der Waals surface area contributed by atoms with Gasteiger partial charge < -0.3 is 0 Å². The number of rotatable bonds is 2. The van der Waals surface area contributed by atoms with Crippen LogP contribution < -0.4 is 0 Å². The minimum absolute atomic E-state index is 0.290. The second kappa shape index (κ2) is 5.39. The minimum Gasteiger partial charge on any atom is -0.207 e. The average molecular weight is 399 g/mol. The van der Waals surface area contributed by atoms with E-state index in [1.165, 1.54) is 6.07 Å². The van der Waals surface area contributed by atoms with Gasteiger partial charge >= 0.3 is 0 Å². The Morgan fingerprint density at radius 2 is 2.00 bits per heavy atom. The van der Waals surface area contributed by atoms with Crippen molar-refractivity contribution in [3.63, 3.8) is 0 Å². The molecule has 0 aliphatic rings. The number of aryl methyl sites for hydroxylation is 1. The molecule has 1 heterocycles. The van der Waals surface area contributed by atoms with E-state index in [0.29, 0.717) is 10.0 Å². The Kier molecular flexibility index (Phi) is 4.29. The van der Waals surface area contributed by atoms with Crippen LogP contribution in [0.25, 0.3) is 0 Å². The predicted molar refractivity (Wildman–Crippen MR) is 78.6 cm³/mol. The molecule has 1 aromatic carbocycles. The number of hydrogen-bond donors (Lipinski definition) is 0. The Morgan fingerprint density at radius 3 is 2.53 bits per heavy atom. The lowest BCUT2D eigenvalue weighted by Gasteiger charge is -2.09. The van der Waals surface area contributed by atoms with Crippen LogP contribution in [0.2, 0.25) is 0 Å². The summed E-state index contributed by atoms with van der Waals surface area (Å²) in [5.74, 6) is -0.290. The van der Waals surface area contributed by atoms with Gasteiger partial charge in [-0.25, -0.2) is 4.39 Å². The number of halogens is 4. The smallest absolute Gasteiger partial charge is 0.129 e. The van der Waals surface area contributed by atoms with Crippen LogP contribution in [0, 0.1) is 12.7 Å². The van der Waals surface area contributed by atoms with Gasteiger partial charge in [-0.15, -0.1) is 22.9 Å². The van der Waals surface area contributed by atoms with E-state index in [1.807, 2.05) is 13.0 Å². The van der Waals surface area contributed by atoms with Crippen molar-refractivity contribution in [2.75, 3.05) is 0 Å². The summed E-state index contributed by atoms with van der Waals surface area (Å²) in [5.41, 5.74) is 0.503. The first-order valence-corrected chi connectivity index (χ1v) is 7.68. The Labute approximate surface area is 125 Å². The van der Waals surface area contributed by atoms with Crippen LogP contribution in [0.3, 0.4) is 0 Å². The van der Waals surface area contributed by atoms with E-state index < -0.39 is 5.38 Å². The molecule has 0 N–H and O–H groups in total. The van der Waals surface area contributed by atoms with Gasteiger partial charge in [0, 0.05) is 24.3 Å². The maximum atomic E-state index is 13.8. The fraction of sp³-hybridized carbons (Fsp3) is 0.167. The first-order valence-electron chi connectivity index (χ1n) is 4.84. The highest BCUT2D eigenvalue weighted by Crippen LogP contribution is 2.38. The lowest BCUT2D eigenvalue weighted by atomic mass is 10.1. The fourth-order valence-electron chi connectivity index (χ4n) is 1.47. The summed E-state index contributed by atoms with van der Waals surface area (Å²) in [7, 11) is 0. The van der Waals surface area contributed by atoms with Crippen LogP contribution in [0.15, 0.2) is 33.2 Å². The van der Waals surface area contributed by atoms with E-state index in [-0.39, 0.29) is 5.82 Å². The van der Waals surface area contributed by atoms with Crippen LogP contribution in [0.4, 0.5) is 4.39 Å². The molecule has 0 spiro atoms. The van der Waals surface area contributed by atoms with Gasteiger partial charge in [0.2, 0.25) is 0 Å². The topological polar surface area (TPSA) is 0 Å². The van der Waals surface area contributed by atoms with E-state index in [1.54, 1.807) is 23.5 Å². The van der Waals surface area contributed by atoms with Gasteiger partial charge in [0.15, 0.2) is 0 Å². The molecular weight excluding hydrogens is 390 g/mol. The third-order valence-corrected chi connectivity index (χ3v) is 5.66. The SMILES string of the molecule is Cc1sc(C(Cl)c2ccc(Br)cc2F)cc1Br. The molecule has 1 unspecified atom stereocenters. The lowest BCUT2D eigenvalue weighted by molar-refractivity contribution is 0.612. The molecule has 0 amide bonds. The Hall–Kier alpha value is 0.1000. The number of hydrogen-bond acceptors (Lipinski definition) is 1. The maximum Gasteiger partial charge on any atom is 0.129 e. The Bertz CT molecular complexity index is 534. The quantitative estimate of drug-likeness (QED) is 0.540. The molecule has 1 atom stereocenters. The van der Waals surface area contributed by atoms with Crippen molar-refractivity contribution in [1.29, 1.82) is 0 Å². The summed E-state index contributed by atoms with van der Waals surface area (Å²) in [6.45, 7) is 2.00. The van der Waals surface area contributed by atoms with E-state index >= 15 is 0 Å². The van der Waals surface area contributed by atoms with Gasteiger partial charge in [0.1, 0.15) is 5.82 Å². The molecule has 90 valence electrons. The Morgan fingerprint density at radius 1 is 1.29 bits per heavy atom. The molecule has 0 bridgehead atoms. The summed E-state index contributed by atoms with van der Waals surface area (Å²) >= 11 is 14.5. The van der Waals surface area contributed by atoms with Crippen LogP contribution in [-0.4, -0.2) is 0 Å². The number of thiophene rings is 1. The standard InChI is InChI=1S/C12H8Br2ClFS/c1-6-9(14)5-11(17-6)12(15)8-3-2-7(13)4-10(8)16/h2-5,12H,1H3. The average Bonchev–Trinajstić information content (AvgIpc) is 2.58. The summed E-state index contributed by atoms with van der Waals surface area (Å²) < 4.78 is 15.5. The summed E-state index contributed by atoms with van der Waals surface area (Å²) in [4.78, 5) is 2.08. The zero-order valence-corrected chi connectivity index (χ0v) is 13.6. The molecule has 0 saturated heterocycles. The molecule has 2 rings (SSSR count). The fourth-order valence-corrected chi connectivity index (χ4v) is 3.73. The molecule has 1 aromatic heterocycles. The van der Waals surface area contributed by atoms with E-state index in [4.69, 9.17) is 11.6 Å². The van der Waals surface area contributed by atoms with Crippen LogP contribution in [0.1, 0.15) is 20.7 Å². The van der Waals surface area contributed by atoms with E-state index in [0.717, 1.165) is 14.2 Å². The summed E-state index contributed by atoms with van der Waals surface area (Å²) in [6.07, 6.45) is 0. The molecule has 0 nitrogen and oxygen atoms in total. The third kappa shape index (κ3) is 2.92.